The average molecular weight is 533 g/mol. The first-order valence-electron chi connectivity index (χ1n) is 11.8. The van der Waals surface area contributed by atoms with Gasteiger partial charge in [-0.1, -0.05) is 65.3 Å². The Morgan fingerprint density at radius 2 is 1.84 bits per heavy atom. The smallest absolute Gasteiger partial charge is 0.262 e. The van der Waals surface area contributed by atoms with Crippen LogP contribution in [-0.4, -0.2) is 40.1 Å². The lowest BCUT2D eigenvalue weighted by molar-refractivity contribution is -0.121. The highest BCUT2D eigenvalue weighted by atomic mass is 35.5. The van der Waals surface area contributed by atoms with Crippen molar-refractivity contribution in [2.75, 3.05) is 12.4 Å². The number of halogens is 1. The third-order valence-electron chi connectivity index (χ3n) is 6.24. The number of carbonyl (C=O) groups is 2. The molecule has 0 saturated heterocycles. The predicted octanol–water partition coefficient (Wildman–Crippen LogP) is 5.83. The molecule has 0 fully saturated rings. The molecule has 2 atom stereocenters. The van der Waals surface area contributed by atoms with E-state index < -0.39 is 5.25 Å². The number of aryl methyl sites for hydroxylation is 1. The normalized spacial score (nSPS) is 19.0. The van der Waals surface area contributed by atoms with E-state index in [4.69, 9.17) is 21.4 Å². The molecule has 0 bridgehead atoms. The number of benzene rings is 3. The number of nitrogens with zero attached hydrogens (tertiary/aromatic N) is 3. The Balaban J connectivity index is 1.36. The highest BCUT2D eigenvalue weighted by molar-refractivity contribution is 8.15. The van der Waals surface area contributed by atoms with Crippen LogP contribution < -0.4 is 10.1 Å². The van der Waals surface area contributed by atoms with Crippen molar-refractivity contribution >= 4 is 51.7 Å². The van der Waals surface area contributed by atoms with Crippen LogP contribution >= 0.6 is 23.4 Å². The molecule has 2 aliphatic rings. The zero-order chi connectivity index (χ0) is 25.9. The fraction of sp³-hybridized carbons (Fsp3) is 0.214. The van der Waals surface area contributed by atoms with Gasteiger partial charge >= 0.3 is 0 Å². The summed E-state index contributed by atoms with van der Waals surface area (Å²) in [6, 6.07) is 22.9. The Morgan fingerprint density at radius 3 is 2.54 bits per heavy atom. The second kappa shape index (κ2) is 10.8. The van der Waals surface area contributed by atoms with Crippen molar-refractivity contribution in [2.45, 2.75) is 31.1 Å². The number of hydrazone groups is 1. The van der Waals surface area contributed by atoms with E-state index >= 15 is 0 Å². The second-order valence-corrected chi connectivity index (χ2v) is 10.4. The van der Waals surface area contributed by atoms with E-state index in [1.165, 1.54) is 11.8 Å². The third-order valence-corrected chi connectivity index (χ3v) is 7.71. The summed E-state index contributed by atoms with van der Waals surface area (Å²) >= 11 is 7.42. The Bertz CT molecular complexity index is 1390. The first-order valence-corrected chi connectivity index (χ1v) is 13.1. The number of amides is 2. The van der Waals surface area contributed by atoms with Crippen LogP contribution in [0.2, 0.25) is 5.02 Å². The van der Waals surface area contributed by atoms with Crippen molar-refractivity contribution < 1.29 is 14.3 Å². The van der Waals surface area contributed by atoms with Gasteiger partial charge in [0.15, 0.2) is 5.17 Å². The lowest BCUT2D eigenvalue weighted by Gasteiger charge is -2.23. The minimum absolute atomic E-state index is 0.0141. The van der Waals surface area contributed by atoms with Gasteiger partial charge in [-0.3, -0.25) is 9.59 Å². The van der Waals surface area contributed by atoms with Gasteiger partial charge in [0, 0.05) is 12.8 Å². The summed E-state index contributed by atoms with van der Waals surface area (Å²) in [7, 11) is 1.63. The molecule has 0 spiro atoms. The van der Waals surface area contributed by atoms with Gasteiger partial charge in [-0.05, 0) is 54.4 Å². The quantitative estimate of drug-likeness (QED) is 0.431. The molecule has 37 heavy (non-hydrogen) atoms. The molecule has 0 aliphatic carbocycles. The summed E-state index contributed by atoms with van der Waals surface area (Å²) in [6.07, 6.45) is 0.640. The number of carbonyl (C=O) groups excluding carboxylic acids is 2. The van der Waals surface area contributed by atoms with E-state index in [2.05, 4.69) is 34.6 Å². The van der Waals surface area contributed by atoms with Crippen molar-refractivity contribution in [3.63, 3.8) is 0 Å². The van der Waals surface area contributed by atoms with Gasteiger partial charge in [-0.15, -0.1) is 0 Å². The highest BCUT2D eigenvalue weighted by Crippen LogP contribution is 2.39. The molecule has 1 N–H and O–H groups in total. The van der Waals surface area contributed by atoms with Crippen LogP contribution in [0.5, 0.6) is 5.75 Å². The van der Waals surface area contributed by atoms with E-state index in [0.717, 1.165) is 28.2 Å². The molecular weight excluding hydrogens is 508 g/mol. The van der Waals surface area contributed by atoms with Crippen LogP contribution in [0.1, 0.15) is 35.6 Å². The SMILES string of the molecule is COc1ccc(C2=NN(C3=NC(=O)[C@H](CC(=O)Nc4ccccc4Cl)S3)[C@@H](c3ccc(C)cc3)C2)cc1. The van der Waals surface area contributed by atoms with Gasteiger partial charge in [-0.25, -0.2) is 5.01 Å². The number of amidine groups is 1. The van der Waals surface area contributed by atoms with E-state index in [-0.39, 0.29) is 24.3 Å². The molecule has 2 aliphatic heterocycles. The maximum atomic E-state index is 12.8. The molecule has 188 valence electrons. The van der Waals surface area contributed by atoms with Gasteiger partial charge in [0.25, 0.3) is 5.91 Å². The summed E-state index contributed by atoms with van der Waals surface area (Å²) in [6.45, 7) is 2.04. The molecule has 2 amide bonds. The number of hydrogen-bond acceptors (Lipinski definition) is 6. The maximum Gasteiger partial charge on any atom is 0.262 e. The summed E-state index contributed by atoms with van der Waals surface area (Å²) in [5.41, 5.74) is 4.62. The zero-order valence-corrected chi connectivity index (χ0v) is 21.9. The Hall–Kier alpha value is -3.62. The Labute approximate surface area is 224 Å². The summed E-state index contributed by atoms with van der Waals surface area (Å²) in [5, 5.41) is 9.80. The van der Waals surface area contributed by atoms with Crippen LogP contribution in [0.15, 0.2) is 82.9 Å². The molecule has 5 rings (SSSR count). The topological polar surface area (TPSA) is 83.4 Å². The number of hydrogen-bond donors (Lipinski definition) is 1. The molecule has 7 nitrogen and oxygen atoms in total. The number of para-hydroxylation sites is 1. The van der Waals surface area contributed by atoms with Crippen molar-refractivity contribution in [3.05, 3.63) is 94.5 Å². The summed E-state index contributed by atoms with van der Waals surface area (Å²) < 4.78 is 5.28. The third kappa shape index (κ3) is 5.55. The van der Waals surface area contributed by atoms with Crippen LogP contribution in [-0.2, 0) is 9.59 Å². The van der Waals surface area contributed by atoms with Gasteiger partial charge < -0.3 is 10.1 Å². The van der Waals surface area contributed by atoms with Crippen LogP contribution in [0.4, 0.5) is 5.69 Å². The number of anilines is 1. The van der Waals surface area contributed by atoms with Gasteiger partial charge in [0.05, 0.1) is 29.6 Å². The minimum Gasteiger partial charge on any atom is -0.497 e. The van der Waals surface area contributed by atoms with Crippen molar-refractivity contribution in [1.82, 2.24) is 5.01 Å². The van der Waals surface area contributed by atoms with Crippen molar-refractivity contribution in [2.24, 2.45) is 10.1 Å². The van der Waals surface area contributed by atoms with Gasteiger partial charge in [0.2, 0.25) is 5.91 Å². The second-order valence-electron chi connectivity index (χ2n) is 8.82. The largest absolute Gasteiger partial charge is 0.497 e. The fourth-order valence-corrected chi connectivity index (χ4v) is 5.47. The van der Waals surface area contributed by atoms with E-state index in [0.29, 0.717) is 22.3 Å². The first kappa shape index (κ1) is 25.0. The van der Waals surface area contributed by atoms with Crippen LogP contribution in [0, 0.1) is 6.92 Å². The number of nitrogens with one attached hydrogen (secondary N) is 1. The van der Waals surface area contributed by atoms with Crippen LogP contribution in [0.25, 0.3) is 0 Å². The molecule has 0 aromatic heterocycles. The van der Waals surface area contributed by atoms with E-state index in [9.17, 15) is 9.59 Å². The molecule has 0 unspecified atom stereocenters. The van der Waals surface area contributed by atoms with Crippen molar-refractivity contribution in [3.8, 4) is 5.75 Å². The number of methoxy groups -OCH3 is 1. The average Bonchev–Trinajstić information content (AvgIpc) is 3.50. The van der Waals surface area contributed by atoms with Crippen molar-refractivity contribution in [1.29, 1.82) is 0 Å². The fourth-order valence-electron chi connectivity index (χ4n) is 4.23. The van der Waals surface area contributed by atoms with Gasteiger partial charge in [0.1, 0.15) is 11.0 Å². The molecule has 0 radical (unpaired) electrons. The highest BCUT2D eigenvalue weighted by Gasteiger charge is 2.39. The Kier molecular flexibility index (Phi) is 7.30. The predicted molar refractivity (Wildman–Crippen MR) is 148 cm³/mol. The summed E-state index contributed by atoms with van der Waals surface area (Å²) in [5.74, 6) is 0.132. The molecule has 2 heterocycles. The van der Waals surface area contributed by atoms with Gasteiger partial charge in [-0.2, -0.15) is 10.1 Å². The van der Waals surface area contributed by atoms with E-state index in [1.807, 2.05) is 36.2 Å². The molecule has 3 aromatic rings. The standard InChI is InChI=1S/C28H25ClN4O3S/c1-17-7-9-19(10-8-17)24-15-23(18-11-13-20(36-2)14-12-18)32-33(24)28-31-27(35)25(37-28)16-26(34)30-22-6-4-3-5-21(22)29/h3-14,24-25H,15-16H2,1-2H3,(H,30,34)/t24-,25+/m1/s1. The number of aliphatic imine (C=N–C) groups is 1. The molecular formula is C28H25ClN4O3S. The Morgan fingerprint density at radius 1 is 1.11 bits per heavy atom. The number of rotatable bonds is 6. The maximum absolute atomic E-state index is 12.8. The van der Waals surface area contributed by atoms with Crippen LogP contribution in [0.3, 0.4) is 0 Å². The van der Waals surface area contributed by atoms with E-state index in [1.54, 1.807) is 31.4 Å². The monoisotopic (exact) mass is 532 g/mol. The number of ether oxygens (including phenoxy) is 1. The molecule has 3 aromatic carbocycles. The minimum atomic E-state index is -0.628. The lowest BCUT2D eigenvalue weighted by Crippen LogP contribution is -2.25. The molecule has 0 saturated carbocycles. The summed E-state index contributed by atoms with van der Waals surface area (Å²) in [4.78, 5) is 29.8. The first-order chi connectivity index (χ1) is 17.9. The molecule has 9 heteroatoms. The zero-order valence-electron chi connectivity index (χ0n) is 20.3. The number of thioether (sulfide) groups is 1. The lowest BCUT2D eigenvalue weighted by atomic mass is 9.98.